The molecule has 2 amide bonds. The Kier molecular flexibility index (Phi) is 3.83. The fourth-order valence-electron chi connectivity index (χ4n) is 3.44. The number of nitrogens with zero attached hydrogens (tertiary/aromatic N) is 2. The second kappa shape index (κ2) is 6.16. The van der Waals surface area contributed by atoms with Crippen molar-refractivity contribution >= 4 is 17.8 Å². The van der Waals surface area contributed by atoms with Gasteiger partial charge < -0.3 is 4.84 Å². The molecule has 0 spiro atoms. The normalized spacial score (nSPS) is 17.7. The van der Waals surface area contributed by atoms with Crippen LogP contribution in [0, 0.1) is 0 Å². The lowest BCUT2D eigenvalue weighted by molar-refractivity contribution is -0.0588. The second-order valence-corrected chi connectivity index (χ2v) is 6.37. The summed E-state index contributed by atoms with van der Waals surface area (Å²) in [5.74, 6) is -1.75. The fraction of sp³-hybridized carbons (Fsp3) is 0.333. The van der Waals surface area contributed by atoms with E-state index in [0.717, 1.165) is 18.5 Å². The topological polar surface area (TPSA) is 92.4 Å². The van der Waals surface area contributed by atoms with Crippen molar-refractivity contribution in [3.63, 3.8) is 0 Å². The number of hydroxylamine groups is 2. The van der Waals surface area contributed by atoms with Crippen molar-refractivity contribution in [2.24, 2.45) is 0 Å². The SMILES string of the molecule is O=C(ON1C(=O)c2ccccc2C1=O)c1cc(C2CCCCC2)[nH]n1. The third-order valence-electron chi connectivity index (χ3n) is 4.78. The van der Waals surface area contributed by atoms with Crippen LogP contribution in [0.25, 0.3) is 0 Å². The molecule has 1 fully saturated rings. The smallest absolute Gasteiger partial charge is 0.322 e. The monoisotopic (exact) mass is 339 g/mol. The number of carbonyl (C=O) groups is 3. The number of aromatic nitrogens is 2. The molecule has 1 aliphatic heterocycles. The number of benzene rings is 1. The zero-order valence-corrected chi connectivity index (χ0v) is 13.5. The molecule has 1 N–H and O–H groups in total. The van der Waals surface area contributed by atoms with Crippen LogP contribution < -0.4 is 0 Å². The number of hydrogen-bond acceptors (Lipinski definition) is 5. The van der Waals surface area contributed by atoms with E-state index in [1.165, 1.54) is 31.4 Å². The predicted molar refractivity (Wildman–Crippen MR) is 86.8 cm³/mol. The summed E-state index contributed by atoms with van der Waals surface area (Å²) in [7, 11) is 0. The summed E-state index contributed by atoms with van der Waals surface area (Å²) in [5, 5.41) is 7.37. The minimum Gasteiger partial charge on any atom is -0.322 e. The highest BCUT2D eigenvalue weighted by Gasteiger charge is 2.39. The van der Waals surface area contributed by atoms with Crippen LogP contribution in [0.5, 0.6) is 0 Å². The first-order valence-corrected chi connectivity index (χ1v) is 8.40. The number of rotatable bonds is 3. The predicted octanol–water partition coefficient (Wildman–Crippen LogP) is 2.83. The average Bonchev–Trinajstić information content (AvgIpc) is 3.23. The van der Waals surface area contributed by atoms with E-state index in [0.29, 0.717) is 11.0 Å². The van der Waals surface area contributed by atoms with Gasteiger partial charge in [-0.25, -0.2) is 4.79 Å². The average molecular weight is 339 g/mol. The Bertz CT molecular complexity index is 817. The minimum absolute atomic E-state index is 0.0668. The van der Waals surface area contributed by atoms with Gasteiger partial charge in [0.05, 0.1) is 11.1 Å². The first-order valence-electron chi connectivity index (χ1n) is 8.40. The van der Waals surface area contributed by atoms with Crippen molar-refractivity contribution in [1.82, 2.24) is 15.3 Å². The number of nitrogens with one attached hydrogen (secondary N) is 1. The van der Waals surface area contributed by atoms with Gasteiger partial charge in [0.15, 0.2) is 5.69 Å². The first-order chi connectivity index (χ1) is 12.1. The fourth-order valence-corrected chi connectivity index (χ4v) is 3.44. The molecule has 7 heteroatoms. The second-order valence-electron chi connectivity index (χ2n) is 6.37. The maximum atomic E-state index is 12.3. The maximum Gasteiger partial charge on any atom is 0.384 e. The molecule has 4 rings (SSSR count). The number of aromatic amines is 1. The lowest BCUT2D eigenvalue weighted by Crippen LogP contribution is -2.32. The summed E-state index contributed by atoms with van der Waals surface area (Å²) >= 11 is 0. The van der Waals surface area contributed by atoms with Crippen LogP contribution in [-0.4, -0.2) is 33.0 Å². The number of hydrogen-bond donors (Lipinski definition) is 1. The Balaban J connectivity index is 1.49. The van der Waals surface area contributed by atoms with Gasteiger partial charge in [0.25, 0.3) is 11.8 Å². The van der Waals surface area contributed by atoms with E-state index in [1.807, 2.05) is 0 Å². The molecule has 0 saturated heterocycles. The molecule has 25 heavy (non-hydrogen) atoms. The third kappa shape index (κ3) is 2.71. The van der Waals surface area contributed by atoms with E-state index >= 15 is 0 Å². The number of carbonyl (C=O) groups excluding carboxylic acids is 3. The zero-order valence-electron chi connectivity index (χ0n) is 13.5. The molecular weight excluding hydrogens is 322 g/mol. The molecule has 0 atom stereocenters. The van der Waals surface area contributed by atoms with Crippen molar-refractivity contribution < 1.29 is 19.2 Å². The molecule has 7 nitrogen and oxygen atoms in total. The zero-order chi connectivity index (χ0) is 17.4. The number of fused-ring (bicyclic) bond motifs is 1. The lowest BCUT2D eigenvalue weighted by Gasteiger charge is -2.19. The van der Waals surface area contributed by atoms with Crippen molar-refractivity contribution in [3.05, 3.63) is 52.8 Å². The van der Waals surface area contributed by atoms with Crippen LogP contribution in [0.3, 0.4) is 0 Å². The van der Waals surface area contributed by atoms with E-state index in [9.17, 15) is 14.4 Å². The van der Waals surface area contributed by atoms with Gasteiger partial charge in [0.2, 0.25) is 0 Å². The first kappa shape index (κ1) is 15.6. The Morgan fingerprint density at radius 2 is 1.72 bits per heavy atom. The summed E-state index contributed by atoms with van der Waals surface area (Å²) in [5.41, 5.74) is 1.42. The van der Waals surface area contributed by atoms with E-state index in [4.69, 9.17) is 4.84 Å². The Morgan fingerprint density at radius 1 is 1.08 bits per heavy atom. The Labute approximate surface area is 143 Å². The highest BCUT2D eigenvalue weighted by atomic mass is 16.7. The van der Waals surface area contributed by atoms with Crippen LogP contribution in [0.2, 0.25) is 0 Å². The van der Waals surface area contributed by atoms with E-state index in [-0.39, 0.29) is 16.8 Å². The largest absolute Gasteiger partial charge is 0.384 e. The van der Waals surface area contributed by atoms with Crippen molar-refractivity contribution in [2.75, 3.05) is 0 Å². The molecule has 2 aromatic rings. The van der Waals surface area contributed by atoms with Gasteiger partial charge >= 0.3 is 5.97 Å². The molecule has 1 aromatic carbocycles. The van der Waals surface area contributed by atoms with E-state index in [2.05, 4.69) is 10.2 Å². The highest BCUT2D eigenvalue weighted by Crippen LogP contribution is 2.32. The summed E-state index contributed by atoms with van der Waals surface area (Å²) in [6, 6.07) is 8.01. The van der Waals surface area contributed by atoms with E-state index in [1.54, 1.807) is 18.2 Å². The van der Waals surface area contributed by atoms with Crippen LogP contribution in [-0.2, 0) is 4.84 Å². The van der Waals surface area contributed by atoms with Gasteiger partial charge in [-0.2, -0.15) is 5.10 Å². The molecule has 128 valence electrons. The number of imide groups is 1. The van der Waals surface area contributed by atoms with Gasteiger partial charge in [-0.3, -0.25) is 14.7 Å². The molecule has 2 aliphatic rings. The van der Waals surface area contributed by atoms with E-state index < -0.39 is 17.8 Å². The third-order valence-corrected chi connectivity index (χ3v) is 4.78. The standard InChI is InChI=1S/C18H17N3O4/c22-16-12-8-4-5-9-13(12)17(23)21(16)25-18(24)15-10-14(19-20-15)11-6-2-1-3-7-11/h4-5,8-11H,1-3,6-7H2,(H,19,20). The molecule has 1 aliphatic carbocycles. The quantitative estimate of drug-likeness (QED) is 0.868. The molecule has 0 unspecified atom stereocenters. The summed E-state index contributed by atoms with van der Waals surface area (Å²) in [6.45, 7) is 0. The van der Waals surface area contributed by atoms with Gasteiger partial charge in [-0.15, -0.1) is 0 Å². The van der Waals surface area contributed by atoms with Crippen LogP contribution >= 0.6 is 0 Å². The van der Waals surface area contributed by atoms with Crippen LogP contribution in [0.15, 0.2) is 30.3 Å². The molecule has 2 heterocycles. The minimum atomic E-state index is -0.826. The summed E-state index contributed by atoms with van der Waals surface area (Å²) in [6.07, 6.45) is 5.69. The van der Waals surface area contributed by atoms with Gasteiger partial charge in [0, 0.05) is 11.6 Å². The highest BCUT2D eigenvalue weighted by molar-refractivity contribution is 6.21. The summed E-state index contributed by atoms with van der Waals surface area (Å²) in [4.78, 5) is 41.8. The van der Waals surface area contributed by atoms with Crippen molar-refractivity contribution in [3.8, 4) is 0 Å². The molecule has 1 aromatic heterocycles. The molecule has 0 bridgehead atoms. The maximum absolute atomic E-state index is 12.3. The van der Waals surface area contributed by atoms with Crippen LogP contribution in [0.4, 0.5) is 0 Å². The Morgan fingerprint density at radius 3 is 2.36 bits per heavy atom. The van der Waals surface area contributed by atoms with Crippen molar-refractivity contribution in [1.29, 1.82) is 0 Å². The lowest BCUT2D eigenvalue weighted by atomic mass is 9.87. The summed E-state index contributed by atoms with van der Waals surface area (Å²) < 4.78 is 0. The van der Waals surface area contributed by atoms with Gasteiger partial charge in [-0.05, 0) is 31.0 Å². The molecular formula is C18H17N3O4. The number of amides is 2. The Hall–Kier alpha value is -2.96. The molecule has 1 saturated carbocycles. The number of H-pyrrole nitrogens is 1. The van der Waals surface area contributed by atoms with Gasteiger partial charge in [0.1, 0.15) is 0 Å². The molecule has 0 radical (unpaired) electrons. The van der Waals surface area contributed by atoms with Gasteiger partial charge in [-0.1, -0.05) is 36.5 Å². The van der Waals surface area contributed by atoms with Crippen LogP contribution in [0.1, 0.15) is 74.9 Å². The van der Waals surface area contributed by atoms with Crippen molar-refractivity contribution in [2.45, 2.75) is 38.0 Å².